The van der Waals surface area contributed by atoms with Crippen molar-refractivity contribution in [3.8, 4) is 11.5 Å². The molecule has 0 unspecified atom stereocenters. The van der Waals surface area contributed by atoms with Gasteiger partial charge in [-0.05, 0) is 30.2 Å². The molecule has 6 heteroatoms. The minimum absolute atomic E-state index is 0.343. The van der Waals surface area contributed by atoms with E-state index in [1.807, 2.05) is 19.1 Å². The molecule has 18 heavy (non-hydrogen) atoms. The number of methoxy groups -OCH3 is 2. The van der Waals surface area contributed by atoms with Crippen LogP contribution in [0, 0.1) is 6.92 Å². The monoisotopic (exact) mass is 253 g/mol. The van der Waals surface area contributed by atoms with E-state index in [0.717, 1.165) is 11.1 Å². The number of nitrogens with one attached hydrogen (secondary N) is 1. The largest absolute Gasteiger partial charge is 0.493 e. The Kier molecular flexibility index (Phi) is 4.79. The van der Waals surface area contributed by atoms with Gasteiger partial charge in [0.05, 0.1) is 14.2 Å². The molecule has 0 aromatic heterocycles. The zero-order valence-electron chi connectivity index (χ0n) is 11.1. The summed E-state index contributed by atoms with van der Waals surface area (Å²) < 4.78 is 10.4. The number of nitrogens with two attached hydrogens (primary N) is 1. The van der Waals surface area contributed by atoms with E-state index < -0.39 is 0 Å². The molecule has 0 aliphatic rings. The summed E-state index contributed by atoms with van der Waals surface area (Å²) in [7, 11) is 4.83. The Morgan fingerprint density at radius 1 is 1.33 bits per heavy atom. The molecule has 1 aromatic rings. The number of hydrazine groups is 1. The Hall–Kier alpha value is -1.95. The number of ether oxygens (including phenoxy) is 2. The minimum atomic E-state index is -0.343. The maximum atomic E-state index is 11.3. The molecule has 0 bridgehead atoms. The first-order chi connectivity index (χ1) is 8.53. The number of hydrogen-bond donors (Lipinski definition) is 2. The van der Waals surface area contributed by atoms with Gasteiger partial charge in [-0.15, -0.1) is 0 Å². The van der Waals surface area contributed by atoms with E-state index in [1.54, 1.807) is 21.3 Å². The average molecular weight is 253 g/mol. The van der Waals surface area contributed by atoms with Crippen molar-refractivity contribution in [3.05, 3.63) is 23.3 Å². The molecule has 1 rings (SSSR count). The summed E-state index contributed by atoms with van der Waals surface area (Å²) >= 11 is 0. The maximum Gasteiger partial charge on any atom is 0.331 e. The van der Waals surface area contributed by atoms with E-state index in [1.165, 1.54) is 4.90 Å². The molecule has 6 nitrogen and oxygen atoms in total. The lowest BCUT2D eigenvalue weighted by molar-refractivity contribution is 0.207. The van der Waals surface area contributed by atoms with Crippen LogP contribution in [-0.2, 0) is 6.54 Å². The number of urea groups is 1. The van der Waals surface area contributed by atoms with E-state index in [0.29, 0.717) is 18.0 Å². The predicted molar refractivity (Wildman–Crippen MR) is 68.5 cm³/mol. The van der Waals surface area contributed by atoms with Crippen LogP contribution >= 0.6 is 0 Å². The molecule has 0 spiro atoms. The Morgan fingerprint density at radius 2 is 1.89 bits per heavy atom. The van der Waals surface area contributed by atoms with Gasteiger partial charge in [-0.2, -0.15) is 0 Å². The van der Waals surface area contributed by atoms with Crippen molar-refractivity contribution < 1.29 is 14.3 Å². The lowest BCUT2D eigenvalue weighted by Gasteiger charge is -2.19. The van der Waals surface area contributed by atoms with Gasteiger partial charge < -0.3 is 14.4 Å². The zero-order chi connectivity index (χ0) is 13.7. The molecular weight excluding hydrogens is 234 g/mol. The summed E-state index contributed by atoms with van der Waals surface area (Å²) in [4.78, 5) is 12.8. The van der Waals surface area contributed by atoms with E-state index in [2.05, 4.69) is 5.43 Å². The van der Waals surface area contributed by atoms with Crippen LogP contribution in [0.2, 0.25) is 0 Å². The molecule has 0 aliphatic heterocycles. The number of carbonyl (C=O) groups is 1. The smallest absolute Gasteiger partial charge is 0.331 e. The highest BCUT2D eigenvalue weighted by atomic mass is 16.5. The van der Waals surface area contributed by atoms with Gasteiger partial charge in [0.1, 0.15) is 0 Å². The third kappa shape index (κ3) is 3.04. The van der Waals surface area contributed by atoms with Crippen molar-refractivity contribution in [2.75, 3.05) is 21.3 Å². The summed E-state index contributed by atoms with van der Waals surface area (Å²) in [6.07, 6.45) is 0. The molecule has 0 saturated carbocycles. The molecule has 0 radical (unpaired) electrons. The summed E-state index contributed by atoms with van der Waals surface area (Å²) in [5, 5.41) is 0. The first kappa shape index (κ1) is 14.1. The fourth-order valence-electron chi connectivity index (χ4n) is 1.63. The number of amides is 2. The fourth-order valence-corrected chi connectivity index (χ4v) is 1.63. The number of benzene rings is 1. The van der Waals surface area contributed by atoms with E-state index >= 15 is 0 Å². The van der Waals surface area contributed by atoms with Crippen LogP contribution in [0.1, 0.15) is 11.1 Å². The van der Waals surface area contributed by atoms with Crippen LogP contribution in [0.4, 0.5) is 4.79 Å². The van der Waals surface area contributed by atoms with Gasteiger partial charge in [-0.3, -0.25) is 5.43 Å². The Balaban J connectivity index is 2.99. The van der Waals surface area contributed by atoms with Crippen LogP contribution in [0.15, 0.2) is 12.1 Å². The van der Waals surface area contributed by atoms with Crippen molar-refractivity contribution in [3.63, 3.8) is 0 Å². The Labute approximate surface area is 107 Å². The van der Waals surface area contributed by atoms with Gasteiger partial charge in [0, 0.05) is 13.6 Å². The minimum Gasteiger partial charge on any atom is -0.493 e. The molecule has 0 saturated heterocycles. The Bertz CT molecular complexity index is 435. The predicted octanol–water partition coefficient (Wildman–Crippen LogP) is 1.03. The van der Waals surface area contributed by atoms with Crippen molar-refractivity contribution in [1.82, 2.24) is 10.3 Å². The second-order valence-corrected chi connectivity index (χ2v) is 3.94. The average Bonchev–Trinajstić information content (AvgIpc) is 2.39. The van der Waals surface area contributed by atoms with Gasteiger partial charge in [0.25, 0.3) is 0 Å². The number of rotatable bonds is 4. The molecule has 1 aromatic carbocycles. The molecular formula is C12H19N3O3. The maximum absolute atomic E-state index is 11.3. The van der Waals surface area contributed by atoms with Crippen molar-refractivity contribution >= 4 is 6.03 Å². The molecule has 100 valence electrons. The van der Waals surface area contributed by atoms with Gasteiger partial charge in [-0.25, -0.2) is 10.6 Å². The van der Waals surface area contributed by atoms with E-state index in [9.17, 15) is 4.79 Å². The van der Waals surface area contributed by atoms with Gasteiger partial charge in [0.15, 0.2) is 11.5 Å². The molecule has 0 fully saturated rings. The van der Waals surface area contributed by atoms with E-state index in [-0.39, 0.29) is 6.03 Å². The number of hydrogen-bond acceptors (Lipinski definition) is 4. The van der Waals surface area contributed by atoms with Crippen molar-refractivity contribution in [2.24, 2.45) is 5.84 Å². The second-order valence-electron chi connectivity index (χ2n) is 3.94. The zero-order valence-corrected chi connectivity index (χ0v) is 11.1. The van der Waals surface area contributed by atoms with Gasteiger partial charge in [0.2, 0.25) is 0 Å². The van der Waals surface area contributed by atoms with Gasteiger partial charge >= 0.3 is 6.03 Å². The van der Waals surface area contributed by atoms with Gasteiger partial charge in [-0.1, -0.05) is 0 Å². The first-order valence-electron chi connectivity index (χ1n) is 5.46. The molecule has 0 aliphatic carbocycles. The third-order valence-electron chi connectivity index (χ3n) is 2.72. The lowest BCUT2D eigenvalue weighted by atomic mass is 10.1. The van der Waals surface area contributed by atoms with Crippen molar-refractivity contribution in [1.29, 1.82) is 0 Å². The lowest BCUT2D eigenvalue weighted by Crippen LogP contribution is -2.40. The normalized spacial score (nSPS) is 9.83. The standard InChI is InChI=1S/C12H19N3O3/c1-8-5-10(17-3)11(18-4)6-9(8)7-15(2)12(16)14-13/h5-6H,7,13H2,1-4H3,(H,14,16). The van der Waals surface area contributed by atoms with Crippen LogP contribution in [0.25, 0.3) is 0 Å². The fraction of sp³-hybridized carbons (Fsp3) is 0.417. The summed E-state index contributed by atoms with van der Waals surface area (Å²) in [6, 6.07) is 3.39. The van der Waals surface area contributed by atoms with E-state index in [4.69, 9.17) is 15.3 Å². The molecule has 3 N–H and O–H groups in total. The number of aryl methyl sites for hydroxylation is 1. The van der Waals surface area contributed by atoms with Crippen LogP contribution in [-0.4, -0.2) is 32.2 Å². The number of carbonyl (C=O) groups excluding carboxylic acids is 1. The molecule has 2 amide bonds. The SMILES string of the molecule is COc1cc(C)c(CN(C)C(=O)NN)cc1OC. The topological polar surface area (TPSA) is 76.8 Å². The molecule has 0 heterocycles. The summed E-state index contributed by atoms with van der Waals surface area (Å²) in [5.41, 5.74) is 4.08. The number of nitrogens with zero attached hydrogens (tertiary/aromatic N) is 1. The van der Waals surface area contributed by atoms with Crippen LogP contribution in [0.5, 0.6) is 11.5 Å². The quantitative estimate of drug-likeness (QED) is 0.477. The highest BCUT2D eigenvalue weighted by molar-refractivity contribution is 5.73. The Morgan fingerprint density at radius 3 is 2.39 bits per heavy atom. The highest BCUT2D eigenvalue weighted by Crippen LogP contribution is 2.30. The highest BCUT2D eigenvalue weighted by Gasteiger charge is 2.12. The molecule has 0 atom stereocenters. The van der Waals surface area contributed by atoms with Crippen molar-refractivity contribution in [2.45, 2.75) is 13.5 Å². The first-order valence-corrected chi connectivity index (χ1v) is 5.46. The van der Waals surface area contributed by atoms with Crippen LogP contribution in [0.3, 0.4) is 0 Å². The third-order valence-corrected chi connectivity index (χ3v) is 2.72. The summed E-state index contributed by atoms with van der Waals surface area (Å²) in [5.74, 6) is 6.39. The van der Waals surface area contributed by atoms with Crippen LogP contribution < -0.4 is 20.7 Å². The summed E-state index contributed by atoms with van der Waals surface area (Å²) in [6.45, 7) is 2.39. The second kappa shape index (κ2) is 6.11.